The van der Waals surface area contributed by atoms with Crippen LogP contribution >= 0.6 is 23.2 Å². The highest BCUT2D eigenvalue weighted by atomic mass is 35.5. The molecule has 0 bridgehead atoms. The van der Waals surface area contributed by atoms with Gasteiger partial charge in [0, 0.05) is 6.42 Å². The lowest BCUT2D eigenvalue weighted by Gasteiger charge is -2.25. The van der Waals surface area contributed by atoms with Crippen LogP contribution in [0.5, 0.6) is 0 Å². The summed E-state index contributed by atoms with van der Waals surface area (Å²) < 4.78 is 0. The van der Waals surface area contributed by atoms with Crippen LogP contribution in [-0.2, 0) is 4.79 Å². The number of carbonyl (C=O) groups is 1. The lowest BCUT2D eigenvalue weighted by atomic mass is 9.83. The van der Waals surface area contributed by atoms with Crippen molar-refractivity contribution in [2.24, 2.45) is 5.92 Å². The largest absolute Gasteiger partial charge is 0.733 e. The number of nitrogens with zero attached hydrogens (tertiary/aromatic N) is 1. The van der Waals surface area contributed by atoms with E-state index >= 15 is 0 Å². The van der Waals surface area contributed by atoms with Crippen LogP contribution in [0.1, 0.15) is 38.2 Å². The molecular weight excluding hydrogens is 301 g/mol. The van der Waals surface area contributed by atoms with Crippen LogP contribution < -0.4 is 5.23 Å². The van der Waals surface area contributed by atoms with Crippen LogP contribution in [0.25, 0.3) is 0 Å². The van der Waals surface area contributed by atoms with Crippen LogP contribution in [0, 0.1) is 11.1 Å². The Kier molecular flexibility index (Phi) is 6.76. The molecule has 2 atom stereocenters. The molecule has 0 saturated carbocycles. The molecule has 0 fully saturated rings. The molecule has 1 rings (SSSR count). The highest BCUT2D eigenvalue weighted by Gasteiger charge is 2.23. The predicted molar refractivity (Wildman–Crippen MR) is 81.4 cm³/mol. The molecule has 0 spiro atoms. The first-order valence-electron chi connectivity index (χ1n) is 6.43. The van der Waals surface area contributed by atoms with Crippen LogP contribution in [0.2, 0.25) is 0 Å². The van der Waals surface area contributed by atoms with Gasteiger partial charge in [-0.25, -0.2) is 0 Å². The number of ketones is 1. The van der Waals surface area contributed by atoms with Gasteiger partial charge in [0.2, 0.25) is 0 Å². The SMILES string of the molecule is CCC(CC(=O)C(Cl)Cl)C(C)c1ccc(N([O-])O)cc1. The minimum absolute atomic E-state index is 0.129. The van der Waals surface area contributed by atoms with Crippen molar-refractivity contribution in [2.75, 3.05) is 5.23 Å². The number of hydrogen-bond donors (Lipinski definition) is 1. The first-order valence-corrected chi connectivity index (χ1v) is 7.31. The normalized spacial score (nSPS) is 14.2. The first-order chi connectivity index (χ1) is 9.36. The second-order valence-electron chi connectivity index (χ2n) is 4.79. The number of carbonyl (C=O) groups excluding carboxylic acids is 1. The van der Waals surface area contributed by atoms with Gasteiger partial charge >= 0.3 is 0 Å². The topological polar surface area (TPSA) is 63.6 Å². The van der Waals surface area contributed by atoms with Gasteiger partial charge in [-0.15, -0.1) is 0 Å². The molecule has 1 aromatic rings. The Labute approximate surface area is 128 Å². The number of hydrogen-bond acceptors (Lipinski definition) is 4. The molecule has 0 radical (unpaired) electrons. The van der Waals surface area contributed by atoms with E-state index in [4.69, 9.17) is 28.4 Å². The van der Waals surface area contributed by atoms with E-state index in [0.29, 0.717) is 6.42 Å². The fraction of sp³-hybridized carbons (Fsp3) is 0.500. The average Bonchev–Trinajstić information content (AvgIpc) is 2.43. The number of halogens is 2. The van der Waals surface area contributed by atoms with Gasteiger partial charge in [-0.1, -0.05) is 55.6 Å². The molecule has 2 unspecified atom stereocenters. The Bertz CT molecular complexity index is 435. The molecule has 1 aromatic carbocycles. The summed E-state index contributed by atoms with van der Waals surface area (Å²) in [6, 6.07) is 6.62. The molecule has 0 saturated heterocycles. The van der Waals surface area contributed by atoms with E-state index in [1.165, 1.54) is 0 Å². The van der Waals surface area contributed by atoms with Gasteiger partial charge in [0.25, 0.3) is 0 Å². The van der Waals surface area contributed by atoms with Crippen molar-refractivity contribution in [3.63, 3.8) is 0 Å². The van der Waals surface area contributed by atoms with Crippen molar-refractivity contribution in [3.05, 3.63) is 35.0 Å². The fourth-order valence-electron chi connectivity index (χ4n) is 2.20. The highest BCUT2D eigenvalue weighted by Crippen LogP contribution is 2.31. The second kappa shape index (κ2) is 7.84. The molecule has 4 nitrogen and oxygen atoms in total. The maximum Gasteiger partial charge on any atom is 0.165 e. The van der Waals surface area contributed by atoms with Gasteiger partial charge in [-0.2, -0.15) is 0 Å². The quantitative estimate of drug-likeness (QED) is 0.602. The van der Waals surface area contributed by atoms with Crippen molar-refractivity contribution in [1.82, 2.24) is 0 Å². The Morgan fingerprint density at radius 3 is 2.30 bits per heavy atom. The molecule has 20 heavy (non-hydrogen) atoms. The molecular formula is C14H18Cl2NO3-. The summed E-state index contributed by atoms with van der Waals surface area (Å²) in [7, 11) is 0. The van der Waals surface area contributed by atoms with Gasteiger partial charge < -0.3 is 10.4 Å². The van der Waals surface area contributed by atoms with Gasteiger partial charge in [0.1, 0.15) is 0 Å². The maximum absolute atomic E-state index is 11.6. The minimum Gasteiger partial charge on any atom is -0.733 e. The van der Waals surface area contributed by atoms with Gasteiger partial charge in [0.05, 0.1) is 5.69 Å². The Morgan fingerprint density at radius 2 is 1.90 bits per heavy atom. The van der Waals surface area contributed by atoms with Crippen LogP contribution in [-0.4, -0.2) is 15.8 Å². The Hall–Kier alpha value is -0.810. The highest BCUT2D eigenvalue weighted by molar-refractivity contribution is 6.53. The van der Waals surface area contributed by atoms with Gasteiger partial charge in [-0.05, 0) is 29.5 Å². The summed E-state index contributed by atoms with van der Waals surface area (Å²) in [5.74, 6) is 0.0828. The van der Waals surface area contributed by atoms with E-state index in [0.717, 1.165) is 12.0 Å². The summed E-state index contributed by atoms with van der Waals surface area (Å²) in [5, 5.41) is 19.3. The van der Waals surface area contributed by atoms with Crippen molar-refractivity contribution in [3.8, 4) is 0 Å². The molecule has 0 aliphatic carbocycles. The van der Waals surface area contributed by atoms with Crippen molar-refractivity contribution < 1.29 is 10.0 Å². The third-order valence-corrected chi connectivity index (χ3v) is 4.06. The Balaban J connectivity index is 2.80. The van der Waals surface area contributed by atoms with Crippen molar-refractivity contribution in [2.45, 2.75) is 37.4 Å². The molecule has 6 heteroatoms. The summed E-state index contributed by atoms with van der Waals surface area (Å²) in [6.45, 7) is 4.02. The van der Waals surface area contributed by atoms with Crippen LogP contribution in [0.15, 0.2) is 24.3 Å². The van der Waals surface area contributed by atoms with E-state index in [1.807, 2.05) is 13.8 Å². The lowest BCUT2D eigenvalue weighted by molar-refractivity contribution is -0.118. The van der Waals surface area contributed by atoms with E-state index < -0.39 is 4.84 Å². The van der Waals surface area contributed by atoms with E-state index in [-0.39, 0.29) is 28.5 Å². The standard InChI is InChI=1S/C14H18Cl2NO3/c1-3-10(8-13(18)14(15)16)9(2)11-4-6-12(7-5-11)17(19)20/h4-7,9-10,14,19H,3,8H2,1-2H3/q-1. The second-order valence-corrected chi connectivity index (χ2v) is 5.89. The molecule has 0 heterocycles. The predicted octanol–water partition coefficient (Wildman–Crippen LogP) is 4.27. The zero-order valence-electron chi connectivity index (χ0n) is 11.4. The average molecular weight is 319 g/mol. The fourth-order valence-corrected chi connectivity index (χ4v) is 2.38. The maximum atomic E-state index is 11.6. The van der Waals surface area contributed by atoms with Crippen molar-refractivity contribution >= 4 is 34.7 Å². The van der Waals surface area contributed by atoms with E-state index in [1.54, 1.807) is 24.3 Å². The lowest BCUT2D eigenvalue weighted by Crippen LogP contribution is -2.18. The minimum atomic E-state index is -0.984. The molecule has 0 aliphatic heterocycles. The van der Waals surface area contributed by atoms with Crippen LogP contribution in [0.4, 0.5) is 5.69 Å². The Morgan fingerprint density at radius 1 is 1.35 bits per heavy atom. The van der Waals surface area contributed by atoms with Gasteiger partial charge in [-0.3, -0.25) is 10.0 Å². The number of Topliss-reactive ketones (excluding diaryl/α,β-unsaturated/α-hetero) is 1. The van der Waals surface area contributed by atoms with Gasteiger partial charge in [0.15, 0.2) is 10.6 Å². The summed E-state index contributed by atoms with van der Waals surface area (Å²) in [6.07, 6.45) is 1.15. The molecule has 112 valence electrons. The molecule has 0 aromatic heterocycles. The van der Waals surface area contributed by atoms with Crippen molar-refractivity contribution in [1.29, 1.82) is 0 Å². The first kappa shape index (κ1) is 17.2. The monoisotopic (exact) mass is 318 g/mol. The molecule has 1 N–H and O–H groups in total. The summed E-state index contributed by atoms with van der Waals surface area (Å²) >= 11 is 11.2. The third kappa shape index (κ3) is 4.63. The molecule has 0 amide bonds. The summed E-state index contributed by atoms with van der Waals surface area (Å²) in [4.78, 5) is 10.7. The van der Waals surface area contributed by atoms with Crippen LogP contribution in [0.3, 0.4) is 0 Å². The number of anilines is 1. The summed E-state index contributed by atoms with van der Waals surface area (Å²) in [5.41, 5.74) is 1.17. The number of alkyl halides is 2. The number of benzene rings is 1. The molecule has 0 aliphatic rings. The van der Waals surface area contributed by atoms with E-state index in [2.05, 4.69) is 0 Å². The smallest absolute Gasteiger partial charge is 0.165 e. The zero-order valence-corrected chi connectivity index (χ0v) is 12.9. The third-order valence-electron chi connectivity index (χ3n) is 3.58. The van der Waals surface area contributed by atoms with E-state index in [9.17, 15) is 10.0 Å². The zero-order chi connectivity index (χ0) is 15.3. The number of rotatable bonds is 7.